The first-order chi connectivity index (χ1) is 14.1. The van der Waals surface area contributed by atoms with Gasteiger partial charge in [-0.1, -0.05) is 41.6 Å². The number of benzene rings is 2. The molecule has 29 heavy (non-hydrogen) atoms. The van der Waals surface area contributed by atoms with Crippen LogP contribution in [0.5, 0.6) is 0 Å². The predicted molar refractivity (Wildman–Crippen MR) is 114 cm³/mol. The molecule has 0 fully saturated rings. The molecule has 0 bridgehead atoms. The van der Waals surface area contributed by atoms with Crippen molar-refractivity contribution in [1.29, 1.82) is 0 Å². The minimum Gasteiger partial charge on any atom is -0.461 e. The van der Waals surface area contributed by atoms with Gasteiger partial charge >= 0.3 is 0 Å². The molecule has 2 aromatic heterocycles. The van der Waals surface area contributed by atoms with E-state index in [2.05, 4.69) is 15.5 Å². The van der Waals surface area contributed by atoms with E-state index in [0.717, 1.165) is 22.5 Å². The third kappa shape index (κ3) is 4.41. The monoisotopic (exact) mass is 404 g/mol. The maximum Gasteiger partial charge on any atom is 0.234 e. The van der Waals surface area contributed by atoms with E-state index >= 15 is 0 Å². The number of amides is 1. The summed E-state index contributed by atoms with van der Waals surface area (Å²) in [5.74, 6) is 1.34. The van der Waals surface area contributed by atoms with Crippen molar-refractivity contribution in [2.75, 3.05) is 11.1 Å². The first-order valence-corrected chi connectivity index (χ1v) is 10.1. The zero-order valence-electron chi connectivity index (χ0n) is 16.1. The van der Waals surface area contributed by atoms with Crippen molar-refractivity contribution >= 4 is 23.4 Å². The molecule has 0 unspecified atom stereocenters. The standard InChI is InChI=1S/C22H20N4O2S/c1-15-8-10-18(11-9-15)26-21(19-7-4-12-28-19)24-25-22(26)29-14-20(27)23-17-6-3-5-16(2)13-17/h3-13H,14H2,1-2H3,(H,23,27). The second-order valence-corrected chi connectivity index (χ2v) is 7.60. The summed E-state index contributed by atoms with van der Waals surface area (Å²) in [5.41, 5.74) is 3.95. The first-order valence-electron chi connectivity index (χ1n) is 9.16. The molecule has 0 saturated carbocycles. The van der Waals surface area contributed by atoms with E-state index in [9.17, 15) is 4.79 Å². The molecule has 0 spiro atoms. The highest BCUT2D eigenvalue weighted by Gasteiger charge is 2.19. The Hall–Kier alpha value is -3.32. The molecule has 146 valence electrons. The van der Waals surface area contributed by atoms with Gasteiger partial charge in [-0.05, 0) is 55.8 Å². The van der Waals surface area contributed by atoms with E-state index in [1.165, 1.54) is 11.8 Å². The fourth-order valence-corrected chi connectivity index (χ4v) is 3.66. The molecule has 1 amide bonds. The lowest BCUT2D eigenvalue weighted by molar-refractivity contribution is -0.113. The van der Waals surface area contributed by atoms with Crippen LogP contribution in [-0.2, 0) is 4.79 Å². The normalized spacial score (nSPS) is 10.8. The highest BCUT2D eigenvalue weighted by molar-refractivity contribution is 7.99. The molecular formula is C22H20N4O2S. The molecule has 0 atom stereocenters. The molecule has 4 rings (SSSR count). The average molecular weight is 404 g/mol. The van der Waals surface area contributed by atoms with Gasteiger partial charge < -0.3 is 9.73 Å². The Kier molecular flexibility index (Phi) is 5.48. The SMILES string of the molecule is Cc1ccc(-n2c(SCC(=O)Nc3cccc(C)c3)nnc2-c2ccco2)cc1. The number of carbonyl (C=O) groups is 1. The number of furan rings is 1. The smallest absolute Gasteiger partial charge is 0.234 e. The van der Waals surface area contributed by atoms with Crippen LogP contribution in [0.2, 0.25) is 0 Å². The number of thioether (sulfide) groups is 1. The zero-order valence-corrected chi connectivity index (χ0v) is 16.9. The maximum atomic E-state index is 12.4. The van der Waals surface area contributed by atoms with Crippen molar-refractivity contribution < 1.29 is 9.21 Å². The van der Waals surface area contributed by atoms with Crippen LogP contribution >= 0.6 is 11.8 Å². The summed E-state index contributed by atoms with van der Waals surface area (Å²) in [7, 11) is 0. The number of nitrogens with zero attached hydrogens (tertiary/aromatic N) is 3. The van der Waals surface area contributed by atoms with E-state index in [1.807, 2.05) is 79.1 Å². The van der Waals surface area contributed by atoms with Gasteiger partial charge in [-0.25, -0.2) is 0 Å². The number of aromatic nitrogens is 3. The van der Waals surface area contributed by atoms with Crippen molar-refractivity contribution in [3.05, 3.63) is 78.1 Å². The molecular weight excluding hydrogens is 384 g/mol. The first kappa shape index (κ1) is 19.0. The van der Waals surface area contributed by atoms with Gasteiger partial charge in [0.1, 0.15) is 0 Å². The number of rotatable bonds is 6. The van der Waals surface area contributed by atoms with Crippen LogP contribution in [0.3, 0.4) is 0 Å². The summed E-state index contributed by atoms with van der Waals surface area (Å²) < 4.78 is 7.43. The highest BCUT2D eigenvalue weighted by atomic mass is 32.2. The molecule has 6 nitrogen and oxygen atoms in total. The molecule has 2 heterocycles. The van der Waals surface area contributed by atoms with Gasteiger partial charge in [-0.3, -0.25) is 9.36 Å². The minimum atomic E-state index is -0.0985. The fraction of sp³-hybridized carbons (Fsp3) is 0.136. The van der Waals surface area contributed by atoms with E-state index in [0.29, 0.717) is 16.7 Å². The Morgan fingerprint density at radius 1 is 1.03 bits per heavy atom. The van der Waals surface area contributed by atoms with Gasteiger partial charge in [-0.15, -0.1) is 10.2 Å². The van der Waals surface area contributed by atoms with Crippen LogP contribution in [0, 0.1) is 13.8 Å². The molecule has 0 aliphatic heterocycles. The highest BCUT2D eigenvalue weighted by Crippen LogP contribution is 2.28. The summed E-state index contributed by atoms with van der Waals surface area (Å²) in [4.78, 5) is 12.4. The number of nitrogens with one attached hydrogen (secondary N) is 1. The molecule has 0 aliphatic carbocycles. The van der Waals surface area contributed by atoms with Crippen molar-refractivity contribution in [1.82, 2.24) is 14.8 Å². The third-order valence-corrected chi connectivity index (χ3v) is 5.23. The molecule has 0 saturated heterocycles. The lowest BCUT2D eigenvalue weighted by Crippen LogP contribution is -2.14. The summed E-state index contributed by atoms with van der Waals surface area (Å²) in [6, 6.07) is 19.4. The van der Waals surface area contributed by atoms with Crippen LogP contribution in [0.1, 0.15) is 11.1 Å². The van der Waals surface area contributed by atoms with E-state index in [4.69, 9.17) is 4.42 Å². The van der Waals surface area contributed by atoms with Gasteiger partial charge in [0.05, 0.1) is 12.0 Å². The minimum absolute atomic E-state index is 0.0985. The lowest BCUT2D eigenvalue weighted by Gasteiger charge is -2.10. The molecule has 7 heteroatoms. The molecule has 2 aromatic carbocycles. The number of hydrogen-bond donors (Lipinski definition) is 1. The van der Waals surface area contributed by atoms with Crippen LogP contribution in [-0.4, -0.2) is 26.4 Å². The van der Waals surface area contributed by atoms with Crippen LogP contribution < -0.4 is 5.32 Å². The molecule has 1 N–H and O–H groups in total. The number of carbonyl (C=O) groups excluding carboxylic acids is 1. The van der Waals surface area contributed by atoms with Crippen molar-refractivity contribution in [2.45, 2.75) is 19.0 Å². The lowest BCUT2D eigenvalue weighted by atomic mass is 10.2. The zero-order chi connectivity index (χ0) is 20.2. The van der Waals surface area contributed by atoms with Crippen LogP contribution in [0.25, 0.3) is 17.3 Å². The Morgan fingerprint density at radius 2 is 1.86 bits per heavy atom. The van der Waals surface area contributed by atoms with Crippen molar-refractivity contribution in [3.8, 4) is 17.3 Å². The number of aryl methyl sites for hydroxylation is 2. The van der Waals surface area contributed by atoms with Gasteiger partial charge in [0.2, 0.25) is 11.7 Å². The van der Waals surface area contributed by atoms with Crippen molar-refractivity contribution in [2.24, 2.45) is 0 Å². The van der Waals surface area contributed by atoms with Gasteiger partial charge in [0.15, 0.2) is 10.9 Å². The maximum absolute atomic E-state index is 12.4. The van der Waals surface area contributed by atoms with E-state index in [-0.39, 0.29) is 11.7 Å². The Balaban J connectivity index is 1.57. The molecule has 0 aliphatic rings. The number of anilines is 1. The molecule has 0 radical (unpaired) electrons. The fourth-order valence-electron chi connectivity index (χ4n) is 2.91. The summed E-state index contributed by atoms with van der Waals surface area (Å²) >= 11 is 1.33. The second-order valence-electron chi connectivity index (χ2n) is 6.66. The third-order valence-electron chi connectivity index (χ3n) is 4.30. The van der Waals surface area contributed by atoms with E-state index < -0.39 is 0 Å². The summed E-state index contributed by atoms with van der Waals surface area (Å²) in [5, 5.41) is 12.1. The quantitative estimate of drug-likeness (QED) is 0.464. The average Bonchev–Trinajstić information content (AvgIpc) is 3.37. The van der Waals surface area contributed by atoms with Gasteiger partial charge in [-0.2, -0.15) is 0 Å². The predicted octanol–water partition coefficient (Wildman–Crippen LogP) is 4.87. The Morgan fingerprint density at radius 3 is 2.59 bits per heavy atom. The van der Waals surface area contributed by atoms with Crippen molar-refractivity contribution in [3.63, 3.8) is 0 Å². The Bertz CT molecular complexity index is 1120. The largest absolute Gasteiger partial charge is 0.461 e. The Labute approximate surface area is 173 Å². The number of hydrogen-bond acceptors (Lipinski definition) is 5. The van der Waals surface area contributed by atoms with Gasteiger partial charge in [0.25, 0.3) is 0 Å². The van der Waals surface area contributed by atoms with Gasteiger partial charge in [0, 0.05) is 11.4 Å². The summed E-state index contributed by atoms with van der Waals surface area (Å²) in [6.07, 6.45) is 1.60. The second kappa shape index (κ2) is 8.36. The van der Waals surface area contributed by atoms with Crippen LogP contribution in [0.4, 0.5) is 5.69 Å². The van der Waals surface area contributed by atoms with Crippen LogP contribution in [0.15, 0.2) is 76.5 Å². The molecule has 4 aromatic rings. The van der Waals surface area contributed by atoms with E-state index in [1.54, 1.807) is 6.26 Å². The topological polar surface area (TPSA) is 73.0 Å². The summed E-state index contributed by atoms with van der Waals surface area (Å²) in [6.45, 7) is 4.03.